The number of rotatable bonds is 6. The molecule has 0 bridgehead atoms. The van der Waals surface area contributed by atoms with E-state index in [4.69, 9.17) is 21.1 Å². The first kappa shape index (κ1) is 17.3. The molecule has 1 amide bonds. The van der Waals surface area contributed by atoms with E-state index < -0.39 is 0 Å². The van der Waals surface area contributed by atoms with Crippen LogP contribution in [0.2, 0.25) is 5.02 Å². The summed E-state index contributed by atoms with van der Waals surface area (Å²) in [5.41, 5.74) is 0. The third-order valence-corrected chi connectivity index (χ3v) is 5.15. The summed E-state index contributed by atoms with van der Waals surface area (Å²) in [6, 6.07) is 11.3. The number of thiophene rings is 1. The fourth-order valence-electron chi connectivity index (χ4n) is 2.75. The van der Waals surface area contributed by atoms with Gasteiger partial charge < -0.3 is 14.4 Å². The summed E-state index contributed by atoms with van der Waals surface area (Å²) in [5.74, 6) is 0.654. The van der Waals surface area contributed by atoms with Gasteiger partial charge in [0.2, 0.25) is 0 Å². The molecule has 0 saturated carbocycles. The number of amides is 1. The molecule has 128 valence electrons. The number of carbonyl (C=O) groups is 1. The van der Waals surface area contributed by atoms with E-state index in [2.05, 4.69) is 6.07 Å². The predicted octanol–water partition coefficient (Wildman–Crippen LogP) is 3.99. The fraction of sp³-hybridized carbons (Fsp3) is 0.389. The van der Waals surface area contributed by atoms with E-state index >= 15 is 0 Å². The molecule has 0 unspecified atom stereocenters. The van der Waals surface area contributed by atoms with Crippen LogP contribution in [0.4, 0.5) is 0 Å². The maximum Gasteiger partial charge on any atom is 0.261 e. The number of hydrogen-bond donors (Lipinski definition) is 0. The van der Waals surface area contributed by atoms with Crippen LogP contribution in [0.5, 0.6) is 5.75 Å². The van der Waals surface area contributed by atoms with Crippen LogP contribution in [0.1, 0.15) is 17.7 Å². The number of nitrogens with zero attached hydrogens (tertiary/aromatic N) is 1. The van der Waals surface area contributed by atoms with Gasteiger partial charge in [0, 0.05) is 29.2 Å². The Balaban J connectivity index is 1.64. The van der Waals surface area contributed by atoms with Gasteiger partial charge >= 0.3 is 0 Å². The molecule has 3 rings (SSSR count). The molecule has 6 heteroatoms. The highest BCUT2D eigenvalue weighted by atomic mass is 35.5. The highest BCUT2D eigenvalue weighted by Gasteiger charge is 2.26. The Morgan fingerprint density at radius 1 is 1.25 bits per heavy atom. The second-order valence-electron chi connectivity index (χ2n) is 5.69. The Hall–Kier alpha value is -1.56. The van der Waals surface area contributed by atoms with Crippen LogP contribution in [0, 0.1) is 0 Å². The average Bonchev–Trinajstić information content (AvgIpc) is 3.13. The molecule has 24 heavy (non-hydrogen) atoms. The van der Waals surface area contributed by atoms with Crippen LogP contribution in [0.15, 0.2) is 41.8 Å². The van der Waals surface area contributed by atoms with E-state index in [0.29, 0.717) is 30.5 Å². The van der Waals surface area contributed by atoms with Crippen molar-refractivity contribution in [3.05, 3.63) is 51.7 Å². The molecule has 1 saturated heterocycles. The molecule has 0 spiro atoms. The Labute approximate surface area is 150 Å². The Bertz CT molecular complexity index is 639. The summed E-state index contributed by atoms with van der Waals surface area (Å²) in [7, 11) is 0. The molecule has 0 radical (unpaired) electrons. The summed E-state index contributed by atoms with van der Waals surface area (Å²) >= 11 is 7.53. The van der Waals surface area contributed by atoms with Gasteiger partial charge in [-0.1, -0.05) is 17.7 Å². The monoisotopic (exact) mass is 365 g/mol. The minimum absolute atomic E-state index is 0.00486. The largest absolute Gasteiger partial charge is 0.484 e. The van der Waals surface area contributed by atoms with Gasteiger partial charge in [0.05, 0.1) is 6.54 Å². The van der Waals surface area contributed by atoms with Gasteiger partial charge in [0.1, 0.15) is 5.75 Å². The molecular weight excluding hydrogens is 346 g/mol. The molecule has 1 aromatic heterocycles. The van der Waals surface area contributed by atoms with Crippen molar-refractivity contribution in [1.82, 2.24) is 4.90 Å². The van der Waals surface area contributed by atoms with Crippen molar-refractivity contribution in [2.24, 2.45) is 0 Å². The van der Waals surface area contributed by atoms with Crippen LogP contribution in [0.25, 0.3) is 0 Å². The van der Waals surface area contributed by atoms with E-state index in [9.17, 15) is 4.79 Å². The van der Waals surface area contributed by atoms with Gasteiger partial charge in [-0.05, 0) is 48.6 Å². The molecular formula is C18H20ClNO3S. The molecule has 2 aromatic rings. The fourth-order valence-corrected chi connectivity index (χ4v) is 3.58. The Morgan fingerprint density at radius 3 is 2.67 bits per heavy atom. The van der Waals surface area contributed by atoms with Gasteiger partial charge in [-0.15, -0.1) is 11.3 Å². The molecule has 1 fully saturated rings. The minimum Gasteiger partial charge on any atom is -0.484 e. The Kier molecular flexibility index (Phi) is 6.12. The zero-order chi connectivity index (χ0) is 16.8. The molecule has 1 aliphatic rings. The lowest BCUT2D eigenvalue weighted by molar-refractivity contribution is -0.138. The molecule has 0 N–H and O–H groups in total. The maximum atomic E-state index is 12.7. The first-order valence-electron chi connectivity index (χ1n) is 8.00. The highest BCUT2D eigenvalue weighted by molar-refractivity contribution is 7.09. The van der Waals surface area contributed by atoms with Crippen LogP contribution in [0.3, 0.4) is 0 Å². The molecule has 0 atom stereocenters. The second-order valence-corrected chi connectivity index (χ2v) is 7.16. The van der Waals surface area contributed by atoms with Crippen LogP contribution >= 0.6 is 22.9 Å². The van der Waals surface area contributed by atoms with Crippen LogP contribution in [-0.4, -0.2) is 36.7 Å². The number of benzene rings is 1. The van der Waals surface area contributed by atoms with Gasteiger partial charge in [-0.3, -0.25) is 4.79 Å². The van der Waals surface area contributed by atoms with Crippen LogP contribution in [-0.2, 0) is 16.1 Å². The minimum atomic E-state index is 0.00486. The first-order chi connectivity index (χ1) is 11.7. The number of halogens is 1. The lowest BCUT2D eigenvalue weighted by Gasteiger charge is -2.34. The molecule has 0 aliphatic carbocycles. The van der Waals surface area contributed by atoms with E-state index in [1.165, 1.54) is 4.88 Å². The van der Waals surface area contributed by atoms with E-state index in [1.54, 1.807) is 35.6 Å². The van der Waals surface area contributed by atoms with Gasteiger partial charge in [0.15, 0.2) is 6.61 Å². The van der Waals surface area contributed by atoms with E-state index in [-0.39, 0.29) is 18.6 Å². The summed E-state index contributed by atoms with van der Waals surface area (Å²) in [4.78, 5) is 15.9. The number of hydrogen-bond acceptors (Lipinski definition) is 4. The summed E-state index contributed by atoms with van der Waals surface area (Å²) in [5, 5.41) is 2.68. The van der Waals surface area contributed by atoms with Crippen molar-refractivity contribution in [3.63, 3.8) is 0 Å². The topological polar surface area (TPSA) is 38.8 Å². The number of ether oxygens (including phenoxy) is 2. The summed E-state index contributed by atoms with van der Waals surface area (Å²) < 4.78 is 11.1. The average molecular weight is 366 g/mol. The zero-order valence-corrected chi connectivity index (χ0v) is 14.9. The van der Waals surface area contributed by atoms with E-state index in [0.717, 1.165) is 12.8 Å². The first-order valence-corrected chi connectivity index (χ1v) is 9.26. The standard InChI is InChI=1S/C18H20ClNO3S/c19-14-3-5-16(6-4-14)23-13-18(21)20(12-17-2-1-11-24-17)15-7-9-22-10-8-15/h1-6,11,15H,7-10,12-13H2. The molecule has 1 aromatic carbocycles. The van der Waals surface area contributed by atoms with Gasteiger partial charge in [-0.2, -0.15) is 0 Å². The van der Waals surface area contributed by atoms with Gasteiger partial charge in [-0.25, -0.2) is 0 Å². The van der Waals surface area contributed by atoms with Crippen molar-refractivity contribution in [2.45, 2.75) is 25.4 Å². The molecule has 4 nitrogen and oxygen atoms in total. The van der Waals surface area contributed by atoms with Crippen molar-refractivity contribution in [1.29, 1.82) is 0 Å². The smallest absolute Gasteiger partial charge is 0.261 e. The van der Waals surface area contributed by atoms with Crippen molar-refractivity contribution in [2.75, 3.05) is 19.8 Å². The number of carbonyl (C=O) groups excluding carboxylic acids is 1. The van der Waals surface area contributed by atoms with E-state index in [1.807, 2.05) is 16.3 Å². The lowest BCUT2D eigenvalue weighted by atomic mass is 10.1. The normalized spacial score (nSPS) is 15.2. The van der Waals surface area contributed by atoms with Crippen molar-refractivity contribution in [3.8, 4) is 5.75 Å². The highest BCUT2D eigenvalue weighted by Crippen LogP contribution is 2.21. The van der Waals surface area contributed by atoms with Crippen LogP contribution < -0.4 is 4.74 Å². The summed E-state index contributed by atoms with van der Waals surface area (Å²) in [6.07, 6.45) is 1.75. The van der Waals surface area contributed by atoms with Crippen molar-refractivity contribution < 1.29 is 14.3 Å². The molecule has 2 heterocycles. The van der Waals surface area contributed by atoms with Crippen molar-refractivity contribution >= 4 is 28.8 Å². The maximum absolute atomic E-state index is 12.7. The van der Waals surface area contributed by atoms with Gasteiger partial charge in [0.25, 0.3) is 5.91 Å². The molecule has 1 aliphatic heterocycles. The lowest BCUT2D eigenvalue weighted by Crippen LogP contribution is -2.44. The third kappa shape index (κ3) is 4.72. The predicted molar refractivity (Wildman–Crippen MR) is 95.7 cm³/mol. The third-order valence-electron chi connectivity index (χ3n) is 4.03. The SMILES string of the molecule is O=C(COc1ccc(Cl)cc1)N(Cc1cccs1)C1CCOCC1. The summed E-state index contributed by atoms with van der Waals surface area (Å²) in [6.45, 7) is 2.07. The quantitative estimate of drug-likeness (QED) is 0.777. The Morgan fingerprint density at radius 2 is 2.00 bits per heavy atom. The second kappa shape index (κ2) is 8.51. The zero-order valence-electron chi connectivity index (χ0n) is 13.3.